The van der Waals surface area contributed by atoms with Crippen molar-refractivity contribution in [1.82, 2.24) is 0 Å². The van der Waals surface area contributed by atoms with Crippen LogP contribution >= 0.6 is 0 Å². The van der Waals surface area contributed by atoms with Gasteiger partial charge in [0.2, 0.25) is 0 Å². The molecule has 1 aromatic heterocycles. The molecule has 0 aliphatic heterocycles. The Morgan fingerprint density at radius 1 is 0.258 bits per heavy atom. The van der Waals surface area contributed by atoms with E-state index >= 15 is 0 Å². The first kappa shape index (κ1) is 38.9. The summed E-state index contributed by atoms with van der Waals surface area (Å²) in [4.78, 5) is 2.39. The minimum absolute atomic E-state index is 0.877. The Bertz CT molecular complexity index is 3630. The van der Waals surface area contributed by atoms with Gasteiger partial charge in [0.1, 0.15) is 11.3 Å². The first-order valence-corrected chi connectivity index (χ1v) is 22.6. The van der Waals surface area contributed by atoms with Gasteiger partial charge in [-0.2, -0.15) is 0 Å². The molecule has 11 aromatic carbocycles. The second-order valence-electron chi connectivity index (χ2n) is 16.9. The lowest BCUT2D eigenvalue weighted by atomic mass is 9.93. The van der Waals surface area contributed by atoms with Gasteiger partial charge in [-0.1, -0.05) is 206 Å². The average molecular weight is 842 g/mol. The van der Waals surface area contributed by atoms with Gasteiger partial charge in [-0.25, -0.2) is 0 Å². The predicted octanol–water partition coefficient (Wildman–Crippen LogP) is 18.2. The summed E-state index contributed by atoms with van der Waals surface area (Å²) in [5.41, 5.74) is 17.0. The molecule has 0 radical (unpaired) electrons. The molecule has 0 fully saturated rings. The Balaban J connectivity index is 0.900. The lowest BCUT2D eigenvalue weighted by Crippen LogP contribution is -2.11. The number of hydrogen-bond acceptors (Lipinski definition) is 2. The molecule has 0 atom stereocenters. The number of hydrogen-bond donors (Lipinski definition) is 0. The standard InChI is InChI=1S/C64H43NO/c1-2-13-44(14-3-1)45-29-31-49(32-30-45)58-20-9-10-23-62(58)65(56-39-35-50(36-40-56)61-42-52-15-4-6-19-57(52)59-21-7-8-22-60(59)61)55-37-33-47(34-38-55)46-25-27-48(28-26-46)51-17-12-18-53(41-51)64-43-54-16-5-11-24-63(54)66-64/h1-43H. The zero-order valence-corrected chi connectivity index (χ0v) is 36.2. The van der Waals surface area contributed by atoms with E-state index in [0.717, 1.165) is 72.7 Å². The molecule has 0 bridgehead atoms. The number of para-hydroxylation sites is 2. The van der Waals surface area contributed by atoms with Gasteiger partial charge < -0.3 is 9.32 Å². The Labute approximate surface area is 384 Å². The van der Waals surface area contributed by atoms with Gasteiger partial charge >= 0.3 is 0 Å². The summed E-state index contributed by atoms with van der Waals surface area (Å²) in [5, 5.41) is 6.15. The van der Waals surface area contributed by atoms with Crippen LogP contribution in [-0.4, -0.2) is 0 Å². The molecule has 2 nitrogen and oxygen atoms in total. The number of anilines is 3. The number of fused-ring (bicyclic) bond motifs is 4. The number of rotatable bonds is 9. The molecule has 0 saturated carbocycles. The Morgan fingerprint density at radius 3 is 1.42 bits per heavy atom. The first-order valence-electron chi connectivity index (χ1n) is 22.6. The van der Waals surface area contributed by atoms with Crippen molar-refractivity contribution in [3.05, 3.63) is 261 Å². The smallest absolute Gasteiger partial charge is 0.135 e. The second kappa shape index (κ2) is 16.8. The van der Waals surface area contributed by atoms with Gasteiger partial charge in [0.15, 0.2) is 0 Å². The van der Waals surface area contributed by atoms with E-state index in [9.17, 15) is 0 Å². The van der Waals surface area contributed by atoms with Crippen molar-refractivity contribution in [3.63, 3.8) is 0 Å². The van der Waals surface area contributed by atoms with Gasteiger partial charge in [0.05, 0.1) is 5.69 Å². The Morgan fingerprint density at radius 2 is 0.727 bits per heavy atom. The van der Waals surface area contributed by atoms with Crippen LogP contribution in [0.1, 0.15) is 0 Å². The van der Waals surface area contributed by atoms with E-state index in [0.29, 0.717) is 0 Å². The van der Waals surface area contributed by atoms with Crippen LogP contribution in [0.4, 0.5) is 17.1 Å². The van der Waals surface area contributed by atoms with Crippen LogP contribution in [0.3, 0.4) is 0 Å². The molecule has 0 amide bonds. The van der Waals surface area contributed by atoms with Crippen LogP contribution in [-0.2, 0) is 0 Å². The molecule has 66 heavy (non-hydrogen) atoms. The zero-order valence-electron chi connectivity index (χ0n) is 36.2. The third kappa shape index (κ3) is 7.31. The van der Waals surface area contributed by atoms with E-state index in [-0.39, 0.29) is 0 Å². The van der Waals surface area contributed by atoms with Crippen molar-refractivity contribution in [1.29, 1.82) is 0 Å². The van der Waals surface area contributed by atoms with Gasteiger partial charge in [0, 0.05) is 27.9 Å². The van der Waals surface area contributed by atoms with Crippen molar-refractivity contribution >= 4 is 49.6 Å². The maximum atomic E-state index is 6.20. The van der Waals surface area contributed by atoms with Crippen LogP contribution in [0.25, 0.3) is 99.5 Å². The van der Waals surface area contributed by atoms with Crippen LogP contribution in [0.2, 0.25) is 0 Å². The van der Waals surface area contributed by atoms with Crippen molar-refractivity contribution in [3.8, 4) is 67.0 Å². The van der Waals surface area contributed by atoms with E-state index in [2.05, 4.69) is 248 Å². The molecule has 0 aliphatic rings. The Kier molecular flexibility index (Phi) is 9.89. The van der Waals surface area contributed by atoms with Crippen LogP contribution in [0.5, 0.6) is 0 Å². The van der Waals surface area contributed by atoms with Crippen LogP contribution < -0.4 is 4.90 Å². The Hall–Kier alpha value is -8.72. The van der Waals surface area contributed by atoms with Crippen LogP contribution in [0.15, 0.2) is 265 Å². The molecule has 1 heterocycles. The summed E-state index contributed by atoms with van der Waals surface area (Å²) in [5.74, 6) is 0.877. The van der Waals surface area contributed by atoms with E-state index < -0.39 is 0 Å². The number of benzene rings is 11. The zero-order chi connectivity index (χ0) is 43.8. The second-order valence-corrected chi connectivity index (χ2v) is 16.9. The molecule has 12 rings (SSSR count). The topological polar surface area (TPSA) is 16.4 Å². The third-order valence-corrected chi connectivity index (χ3v) is 12.9. The molecule has 2 heteroatoms. The quantitative estimate of drug-likeness (QED) is 0.135. The highest BCUT2D eigenvalue weighted by atomic mass is 16.3. The molecule has 310 valence electrons. The molecule has 0 saturated heterocycles. The summed E-state index contributed by atoms with van der Waals surface area (Å²) in [6.45, 7) is 0. The van der Waals surface area contributed by atoms with Gasteiger partial charge in [0.25, 0.3) is 0 Å². The van der Waals surface area contributed by atoms with E-state index in [4.69, 9.17) is 4.42 Å². The van der Waals surface area contributed by atoms with Crippen molar-refractivity contribution < 1.29 is 4.42 Å². The average Bonchev–Trinajstić information content (AvgIpc) is 3.85. The molecule has 0 aliphatic carbocycles. The highest BCUT2D eigenvalue weighted by Gasteiger charge is 2.19. The maximum Gasteiger partial charge on any atom is 0.135 e. The van der Waals surface area contributed by atoms with Crippen molar-refractivity contribution in [2.45, 2.75) is 0 Å². The highest BCUT2D eigenvalue weighted by molar-refractivity contribution is 6.13. The summed E-state index contributed by atoms with van der Waals surface area (Å²) in [7, 11) is 0. The fourth-order valence-electron chi connectivity index (χ4n) is 9.53. The summed E-state index contributed by atoms with van der Waals surface area (Å²) < 4.78 is 6.20. The number of furan rings is 1. The molecule has 0 unspecified atom stereocenters. The lowest BCUT2D eigenvalue weighted by molar-refractivity contribution is 0.631. The highest BCUT2D eigenvalue weighted by Crippen LogP contribution is 2.43. The maximum absolute atomic E-state index is 6.20. The summed E-state index contributed by atoms with van der Waals surface area (Å²) in [6.07, 6.45) is 0. The van der Waals surface area contributed by atoms with E-state index in [1.54, 1.807) is 0 Å². The lowest BCUT2D eigenvalue weighted by Gasteiger charge is -2.28. The third-order valence-electron chi connectivity index (χ3n) is 12.9. The molecule has 0 N–H and O–H groups in total. The van der Waals surface area contributed by atoms with Gasteiger partial charge in [-0.05, 0) is 126 Å². The number of nitrogens with zero attached hydrogens (tertiary/aromatic N) is 1. The molecular formula is C64H43NO. The minimum Gasteiger partial charge on any atom is -0.456 e. The molecular weight excluding hydrogens is 799 g/mol. The van der Waals surface area contributed by atoms with Crippen LogP contribution in [0, 0.1) is 0 Å². The first-order chi connectivity index (χ1) is 32.7. The fourth-order valence-corrected chi connectivity index (χ4v) is 9.53. The van der Waals surface area contributed by atoms with Crippen molar-refractivity contribution in [2.75, 3.05) is 4.90 Å². The predicted molar refractivity (Wildman–Crippen MR) is 279 cm³/mol. The van der Waals surface area contributed by atoms with Gasteiger partial charge in [-0.15, -0.1) is 0 Å². The largest absolute Gasteiger partial charge is 0.456 e. The van der Waals surface area contributed by atoms with E-state index in [1.807, 2.05) is 18.2 Å². The molecule has 12 aromatic rings. The van der Waals surface area contributed by atoms with E-state index in [1.165, 1.54) is 43.8 Å². The normalized spacial score (nSPS) is 11.3. The monoisotopic (exact) mass is 841 g/mol. The summed E-state index contributed by atoms with van der Waals surface area (Å²) >= 11 is 0. The fraction of sp³-hybridized carbons (Fsp3) is 0. The minimum atomic E-state index is 0.877. The summed E-state index contributed by atoms with van der Waals surface area (Å²) in [6, 6.07) is 93.9. The van der Waals surface area contributed by atoms with Gasteiger partial charge in [-0.3, -0.25) is 0 Å². The molecule has 0 spiro atoms. The van der Waals surface area contributed by atoms with Crippen molar-refractivity contribution in [2.24, 2.45) is 0 Å². The SMILES string of the molecule is c1ccc(-c2ccc(-c3ccccc3N(c3ccc(-c4ccc(-c5cccc(-c6cc7ccccc7o6)c5)cc4)cc3)c3ccc(-c4cc5ccccc5c5ccccc45)cc3)cc2)cc1.